The molecule has 1 saturated heterocycles. The molecule has 1 atom stereocenters. The van der Waals surface area contributed by atoms with Gasteiger partial charge in [-0.15, -0.1) is 0 Å². The van der Waals surface area contributed by atoms with Crippen LogP contribution < -0.4 is 4.74 Å². The maximum atomic E-state index is 13.0. The van der Waals surface area contributed by atoms with Crippen molar-refractivity contribution < 1.29 is 14.3 Å². The summed E-state index contributed by atoms with van der Waals surface area (Å²) in [6, 6.07) is 15.2. The van der Waals surface area contributed by atoms with Crippen LogP contribution in [0.1, 0.15) is 49.0 Å². The first-order valence-corrected chi connectivity index (χ1v) is 12.1. The van der Waals surface area contributed by atoms with Crippen molar-refractivity contribution in [1.29, 1.82) is 0 Å². The van der Waals surface area contributed by atoms with Crippen molar-refractivity contribution >= 4 is 23.4 Å². The monoisotopic (exact) mass is 470 g/mol. The summed E-state index contributed by atoms with van der Waals surface area (Å²) in [4.78, 5) is 29.7. The predicted octanol–water partition coefficient (Wildman–Crippen LogP) is 5.32. The SMILES string of the molecule is COc1cccc(C[C@H](C2CCN(C(=O)c3ccc(Cl)cc3)CC2)N(C)C(=O)CC(C)C)c1. The van der Waals surface area contributed by atoms with Gasteiger partial charge in [0.15, 0.2) is 0 Å². The van der Waals surface area contributed by atoms with Gasteiger partial charge in [-0.2, -0.15) is 0 Å². The van der Waals surface area contributed by atoms with E-state index in [1.54, 1.807) is 31.4 Å². The number of likely N-dealkylation sites (tertiary alicyclic amines) is 1. The summed E-state index contributed by atoms with van der Waals surface area (Å²) in [6.07, 6.45) is 3.05. The molecule has 1 aliphatic rings. The first-order chi connectivity index (χ1) is 15.8. The first-order valence-electron chi connectivity index (χ1n) is 11.7. The van der Waals surface area contributed by atoms with E-state index >= 15 is 0 Å². The number of hydrogen-bond donors (Lipinski definition) is 0. The van der Waals surface area contributed by atoms with Crippen LogP contribution in [0.3, 0.4) is 0 Å². The van der Waals surface area contributed by atoms with Crippen molar-refractivity contribution in [3.63, 3.8) is 0 Å². The fraction of sp³-hybridized carbons (Fsp3) is 0.481. The lowest BCUT2D eigenvalue weighted by Gasteiger charge is -2.40. The van der Waals surface area contributed by atoms with E-state index < -0.39 is 0 Å². The molecule has 1 fully saturated rings. The molecule has 33 heavy (non-hydrogen) atoms. The Kier molecular flexibility index (Phi) is 8.79. The lowest BCUT2D eigenvalue weighted by Crippen LogP contribution is -2.48. The molecule has 0 unspecified atom stereocenters. The minimum atomic E-state index is 0.0405. The highest BCUT2D eigenvalue weighted by Crippen LogP contribution is 2.29. The number of hydrogen-bond acceptors (Lipinski definition) is 3. The van der Waals surface area contributed by atoms with E-state index in [0.717, 1.165) is 30.6 Å². The highest BCUT2D eigenvalue weighted by molar-refractivity contribution is 6.30. The van der Waals surface area contributed by atoms with Gasteiger partial charge in [0.1, 0.15) is 5.75 Å². The van der Waals surface area contributed by atoms with Gasteiger partial charge in [-0.05, 0) is 73.1 Å². The Balaban J connectivity index is 1.72. The van der Waals surface area contributed by atoms with E-state index in [0.29, 0.717) is 41.9 Å². The number of benzene rings is 2. The number of nitrogens with zero attached hydrogens (tertiary/aromatic N) is 2. The molecule has 0 aromatic heterocycles. The molecule has 2 aromatic carbocycles. The van der Waals surface area contributed by atoms with E-state index in [9.17, 15) is 9.59 Å². The van der Waals surface area contributed by atoms with Gasteiger partial charge < -0.3 is 14.5 Å². The van der Waals surface area contributed by atoms with Crippen LogP contribution in [0.4, 0.5) is 0 Å². The van der Waals surface area contributed by atoms with Gasteiger partial charge in [-0.25, -0.2) is 0 Å². The van der Waals surface area contributed by atoms with E-state index in [2.05, 4.69) is 19.9 Å². The Labute approximate surface area is 202 Å². The van der Waals surface area contributed by atoms with E-state index in [1.165, 1.54) is 0 Å². The third-order valence-electron chi connectivity index (χ3n) is 6.51. The van der Waals surface area contributed by atoms with Crippen LogP contribution in [0.5, 0.6) is 5.75 Å². The summed E-state index contributed by atoms with van der Waals surface area (Å²) in [5.41, 5.74) is 1.82. The maximum Gasteiger partial charge on any atom is 0.253 e. The molecule has 1 heterocycles. The van der Waals surface area contributed by atoms with Crippen LogP contribution >= 0.6 is 11.6 Å². The number of halogens is 1. The lowest BCUT2D eigenvalue weighted by molar-refractivity contribution is -0.134. The Bertz CT molecular complexity index is 937. The fourth-order valence-electron chi connectivity index (χ4n) is 4.60. The molecular weight excluding hydrogens is 436 g/mol. The number of amides is 2. The van der Waals surface area contributed by atoms with Gasteiger partial charge in [0, 0.05) is 43.2 Å². The molecular formula is C27H35ClN2O3. The molecule has 3 rings (SSSR count). The van der Waals surface area contributed by atoms with Crippen molar-refractivity contribution in [3.05, 3.63) is 64.7 Å². The Morgan fingerprint density at radius 1 is 1.12 bits per heavy atom. The summed E-state index contributed by atoms with van der Waals surface area (Å²) in [6.45, 7) is 5.52. The number of carbonyl (C=O) groups excluding carboxylic acids is 2. The third kappa shape index (κ3) is 6.73. The van der Waals surface area contributed by atoms with Gasteiger partial charge in [0.2, 0.25) is 5.91 Å². The summed E-state index contributed by atoms with van der Waals surface area (Å²) in [5.74, 6) is 1.69. The molecule has 6 heteroatoms. The average molecular weight is 471 g/mol. The molecule has 0 spiro atoms. The molecule has 0 bridgehead atoms. The third-order valence-corrected chi connectivity index (χ3v) is 6.77. The minimum Gasteiger partial charge on any atom is -0.497 e. The first kappa shape index (κ1) is 25.1. The van der Waals surface area contributed by atoms with Crippen LogP contribution in [0.2, 0.25) is 5.02 Å². The van der Waals surface area contributed by atoms with Gasteiger partial charge in [0.25, 0.3) is 5.91 Å². The predicted molar refractivity (Wildman–Crippen MR) is 133 cm³/mol. The lowest BCUT2D eigenvalue weighted by atomic mass is 9.84. The fourth-order valence-corrected chi connectivity index (χ4v) is 4.73. The smallest absolute Gasteiger partial charge is 0.253 e. The topological polar surface area (TPSA) is 49.9 Å². The number of methoxy groups -OCH3 is 1. The van der Waals surface area contributed by atoms with Crippen molar-refractivity contribution in [2.75, 3.05) is 27.2 Å². The van der Waals surface area contributed by atoms with Crippen LogP contribution in [0, 0.1) is 11.8 Å². The Morgan fingerprint density at radius 2 is 1.79 bits per heavy atom. The summed E-state index contributed by atoms with van der Waals surface area (Å²) < 4.78 is 5.40. The number of piperidine rings is 1. The quantitative estimate of drug-likeness (QED) is 0.524. The zero-order valence-electron chi connectivity index (χ0n) is 20.1. The molecule has 0 radical (unpaired) electrons. The van der Waals surface area contributed by atoms with Gasteiger partial charge >= 0.3 is 0 Å². The maximum absolute atomic E-state index is 13.0. The molecule has 2 aromatic rings. The van der Waals surface area contributed by atoms with Crippen molar-refractivity contribution in [2.24, 2.45) is 11.8 Å². The normalized spacial score (nSPS) is 15.4. The van der Waals surface area contributed by atoms with Crippen LogP contribution in [-0.4, -0.2) is 54.9 Å². The second kappa shape index (κ2) is 11.6. The second-order valence-corrected chi connectivity index (χ2v) is 9.80. The zero-order chi connectivity index (χ0) is 24.0. The van der Waals surface area contributed by atoms with Gasteiger partial charge in [-0.1, -0.05) is 37.6 Å². The van der Waals surface area contributed by atoms with E-state index in [4.69, 9.17) is 16.3 Å². The highest BCUT2D eigenvalue weighted by Gasteiger charge is 2.33. The van der Waals surface area contributed by atoms with Gasteiger partial charge in [-0.3, -0.25) is 9.59 Å². The summed E-state index contributed by atoms with van der Waals surface area (Å²) in [5, 5.41) is 0.625. The number of rotatable bonds is 8. The molecule has 0 saturated carbocycles. The molecule has 0 aliphatic carbocycles. The van der Waals surface area contributed by atoms with Crippen LogP contribution in [0.15, 0.2) is 48.5 Å². The van der Waals surface area contributed by atoms with E-state index in [1.807, 2.05) is 35.0 Å². The van der Waals surface area contributed by atoms with Crippen LogP contribution in [-0.2, 0) is 11.2 Å². The van der Waals surface area contributed by atoms with Crippen molar-refractivity contribution in [1.82, 2.24) is 9.80 Å². The average Bonchev–Trinajstić information content (AvgIpc) is 2.82. The standard InChI is InChI=1S/C27H35ClN2O3/c1-19(2)16-26(31)29(3)25(18-20-6-5-7-24(17-20)33-4)21-12-14-30(15-13-21)27(32)22-8-10-23(28)11-9-22/h5-11,17,19,21,25H,12-16,18H2,1-4H3/t25-/m1/s1. The largest absolute Gasteiger partial charge is 0.497 e. The molecule has 178 valence electrons. The highest BCUT2D eigenvalue weighted by atomic mass is 35.5. The molecule has 5 nitrogen and oxygen atoms in total. The van der Waals surface area contributed by atoms with Crippen molar-refractivity contribution in [2.45, 2.75) is 45.6 Å². The molecule has 2 amide bonds. The number of likely N-dealkylation sites (N-methyl/N-ethyl adjacent to an activating group) is 1. The summed E-state index contributed by atoms with van der Waals surface area (Å²) in [7, 11) is 3.60. The van der Waals surface area contributed by atoms with E-state index in [-0.39, 0.29) is 17.9 Å². The Morgan fingerprint density at radius 3 is 2.39 bits per heavy atom. The van der Waals surface area contributed by atoms with Gasteiger partial charge in [0.05, 0.1) is 7.11 Å². The van der Waals surface area contributed by atoms with Crippen molar-refractivity contribution in [3.8, 4) is 5.75 Å². The Hall–Kier alpha value is -2.53. The number of carbonyl (C=O) groups is 2. The molecule has 1 aliphatic heterocycles. The zero-order valence-corrected chi connectivity index (χ0v) is 20.8. The number of ether oxygens (including phenoxy) is 1. The second-order valence-electron chi connectivity index (χ2n) is 9.36. The molecule has 0 N–H and O–H groups in total. The van der Waals surface area contributed by atoms with Crippen LogP contribution in [0.25, 0.3) is 0 Å². The summed E-state index contributed by atoms with van der Waals surface area (Å²) >= 11 is 5.96. The minimum absolute atomic E-state index is 0.0405.